The van der Waals surface area contributed by atoms with E-state index in [9.17, 15) is 24.9 Å². The maximum atomic E-state index is 13.3. The van der Waals surface area contributed by atoms with Crippen molar-refractivity contribution in [2.45, 2.75) is 241 Å². The number of hydrogen-bond donors (Lipinski definition) is 3. The number of rotatable bonds is 21. The number of benzene rings is 6. The first-order valence-electron chi connectivity index (χ1n) is 39.4. The topological polar surface area (TPSA) is 261 Å². The Balaban J connectivity index is 0.000000129. The molecule has 0 aliphatic heterocycles. The number of carbonyl (C=O) groups excluding carboxylic acids is 3. The number of carbonyl (C=O) groups is 3. The fourth-order valence-corrected chi connectivity index (χ4v) is 16.0. The Bertz CT molecular complexity index is 4400. The molecule has 3 amide bonds. The Morgan fingerprint density at radius 1 is 0.486 bits per heavy atom. The molecule has 2 aromatic heterocycles. The van der Waals surface area contributed by atoms with Gasteiger partial charge in [0.15, 0.2) is 11.6 Å². The van der Waals surface area contributed by atoms with Crippen molar-refractivity contribution in [3.05, 3.63) is 216 Å². The summed E-state index contributed by atoms with van der Waals surface area (Å²) in [6.07, 6.45) is 15.1. The molecule has 20 nitrogen and oxygen atoms in total. The summed E-state index contributed by atoms with van der Waals surface area (Å²) in [4.78, 5) is 54.0. The van der Waals surface area contributed by atoms with Gasteiger partial charge in [-0.1, -0.05) is 199 Å². The van der Waals surface area contributed by atoms with E-state index < -0.39 is 22.2 Å². The fraction of sp³-hybridized carbons (Fsp3) is 0.494. The van der Waals surface area contributed by atoms with Crippen LogP contribution in [0, 0.1) is 22.2 Å². The fourth-order valence-electron chi connectivity index (χ4n) is 16.0. The van der Waals surface area contributed by atoms with Crippen LogP contribution >= 0.6 is 0 Å². The van der Waals surface area contributed by atoms with E-state index in [4.69, 9.17) is 39.0 Å². The molecule has 4 unspecified atom stereocenters. The second-order valence-electron chi connectivity index (χ2n) is 34.7. The standard InChI is InChI=1S/C27H31N3O3.C22H23N3O.C20H29N3O3.C20H26N2O2/c1-26(2,3)32-25(31)30(22-17-21(22)19-11-6-4-7-12-19)18-27(15-10-16-27)24-28-23(33-29-24)20-13-8-5-9-14-20;1-3-8-16(9-4-1)18-14-19(18)23-15-22(12-7-13-22)21-24-20(26-25-21)17-10-5-2-6-11-17;1-19(2,3)26-18(24)23(13-20(10-7-11-20)17(21)22-25)16-12-15(16)14-8-5-4-6-9-14;1-19(2,3)24-18(23)22(14-20(13-21)10-7-11-20)17-12-16(17)15-8-5-4-6-9-15/h4-9,11-14,21-22H,10,15-18H2,1-3H3;1-6,8-11,18-19,23H,7,12-15H2;4-6,8-9,15-16,25H,7,10-13H2,1-3H3,(H2,21,22);4-6,8-9,16-17H,7,10-12,14H2,1-3H3/t21?,22-;18?,19-;15?,16-;16?,17-/m0000/s1. The van der Waals surface area contributed by atoms with E-state index >= 15 is 0 Å². The first-order chi connectivity index (χ1) is 52.3. The molecule has 109 heavy (non-hydrogen) atoms. The number of amides is 3. The van der Waals surface area contributed by atoms with Gasteiger partial charge in [0.25, 0.3) is 11.8 Å². The number of ether oxygens (including phenoxy) is 3. The maximum absolute atomic E-state index is 13.3. The van der Waals surface area contributed by atoms with Crippen molar-refractivity contribution in [1.82, 2.24) is 40.3 Å². The molecule has 6 aromatic carbocycles. The molecule has 8 fully saturated rings. The van der Waals surface area contributed by atoms with Crippen LogP contribution in [0.2, 0.25) is 0 Å². The normalized spacial score (nSPS) is 23.2. The Morgan fingerprint density at radius 3 is 1.15 bits per heavy atom. The van der Waals surface area contributed by atoms with E-state index in [-0.39, 0.29) is 58.5 Å². The minimum Gasteiger partial charge on any atom is -0.444 e. The number of amidine groups is 1. The van der Waals surface area contributed by atoms with Crippen molar-refractivity contribution in [2.75, 3.05) is 26.2 Å². The van der Waals surface area contributed by atoms with Crippen molar-refractivity contribution >= 4 is 24.1 Å². The van der Waals surface area contributed by atoms with Crippen LogP contribution in [0.25, 0.3) is 22.9 Å². The number of nitrogens with one attached hydrogen (secondary N) is 1. The van der Waals surface area contributed by atoms with E-state index in [0.717, 1.165) is 113 Å². The highest BCUT2D eigenvalue weighted by atomic mass is 16.6. The zero-order valence-electron chi connectivity index (χ0n) is 64.9. The smallest absolute Gasteiger partial charge is 0.410 e. The van der Waals surface area contributed by atoms with Gasteiger partial charge < -0.3 is 54.2 Å². The molecule has 8 atom stereocenters. The molecule has 8 aliphatic rings. The highest BCUT2D eigenvalue weighted by Crippen LogP contribution is 2.53. The lowest BCUT2D eigenvalue weighted by atomic mass is 9.67. The molecule has 0 radical (unpaired) electrons. The SMILES string of the molecule is CC(C)(C)OC(=O)N(CC1(C#N)CCC1)[C@H]1CC1c1ccccc1.CC(C)(C)OC(=O)N(CC1(C(N)=NO)CCC1)[C@H]1CC1c1ccccc1.CC(C)(C)OC(=O)N(CC1(c2noc(-c3ccccc3)n2)CCC1)[C@H]1CC1c1ccccc1.c1ccc(-c2nc(C3(CN[C@H]4CC4c4ccccc4)CCC3)no2)cc1. The van der Waals surface area contributed by atoms with Gasteiger partial charge in [0.2, 0.25) is 0 Å². The number of nitrogens with zero attached hydrogens (tertiary/aromatic N) is 9. The minimum atomic E-state index is -0.560. The Kier molecular flexibility index (Phi) is 23.0. The Hall–Kier alpha value is -9.87. The average molecular weight is 1480 g/mol. The molecule has 20 heteroatoms. The largest absolute Gasteiger partial charge is 0.444 e. The number of nitriles is 1. The highest BCUT2D eigenvalue weighted by Gasteiger charge is 2.55. The van der Waals surface area contributed by atoms with Gasteiger partial charge in [-0.2, -0.15) is 15.2 Å². The summed E-state index contributed by atoms with van der Waals surface area (Å²) in [6, 6.07) is 65.0. The molecule has 16 rings (SSSR count). The van der Waals surface area contributed by atoms with Crippen LogP contribution in [0.5, 0.6) is 0 Å². The lowest BCUT2D eigenvalue weighted by molar-refractivity contribution is 0.0101. The molecule has 4 N–H and O–H groups in total. The third kappa shape index (κ3) is 18.9. The predicted molar refractivity (Wildman–Crippen MR) is 419 cm³/mol. The van der Waals surface area contributed by atoms with Crippen molar-refractivity contribution < 1.29 is 42.8 Å². The van der Waals surface area contributed by atoms with Crippen LogP contribution in [0.4, 0.5) is 14.4 Å². The van der Waals surface area contributed by atoms with E-state index in [0.29, 0.717) is 67.0 Å². The van der Waals surface area contributed by atoms with E-state index in [1.165, 1.54) is 35.1 Å². The molecule has 2 heterocycles. The quantitative estimate of drug-likeness (QED) is 0.0199. The zero-order chi connectivity index (χ0) is 76.8. The average Bonchev–Trinajstić information content (AvgIpc) is 1.63. The summed E-state index contributed by atoms with van der Waals surface area (Å²) in [5.41, 5.74) is 10.4. The second-order valence-corrected chi connectivity index (χ2v) is 34.7. The summed E-state index contributed by atoms with van der Waals surface area (Å²) in [6.45, 7) is 19.4. The molecular weight excluding hydrogens is 1370 g/mol. The van der Waals surface area contributed by atoms with Crippen molar-refractivity contribution in [3.8, 4) is 29.0 Å². The number of nitrogens with two attached hydrogens (primary N) is 1. The van der Waals surface area contributed by atoms with Gasteiger partial charge in [0.1, 0.15) is 22.6 Å². The maximum Gasteiger partial charge on any atom is 0.410 e. The predicted octanol–water partition coefficient (Wildman–Crippen LogP) is 18.4. The summed E-state index contributed by atoms with van der Waals surface area (Å²) in [5, 5.41) is 34.5. The lowest BCUT2D eigenvalue weighted by Crippen LogP contribution is -2.53. The molecule has 0 spiro atoms. The zero-order valence-corrected chi connectivity index (χ0v) is 64.9. The first kappa shape index (κ1) is 77.3. The summed E-state index contributed by atoms with van der Waals surface area (Å²) >= 11 is 0. The van der Waals surface area contributed by atoms with E-state index in [1.807, 2.05) is 175 Å². The second kappa shape index (κ2) is 32.4. The lowest BCUT2D eigenvalue weighted by Gasteiger charge is -2.44. The van der Waals surface area contributed by atoms with Gasteiger partial charge in [0.05, 0.1) is 16.9 Å². The van der Waals surface area contributed by atoms with Crippen molar-refractivity contribution in [1.29, 1.82) is 5.26 Å². The van der Waals surface area contributed by atoms with Crippen molar-refractivity contribution in [2.24, 2.45) is 21.7 Å². The summed E-state index contributed by atoms with van der Waals surface area (Å²) < 4.78 is 28.3. The molecule has 8 aliphatic carbocycles. The molecule has 8 aromatic rings. The Morgan fingerprint density at radius 2 is 0.826 bits per heavy atom. The summed E-state index contributed by atoms with van der Waals surface area (Å²) in [5.74, 6) is 4.58. The Labute approximate surface area is 642 Å². The van der Waals surface area contributed by atoms with E-state index in [2.05, 4.69) is 106 Å². The van der Waals surface area contributed by atoms with Gasteiger partial charge in [-0.25, -0.2) is 14.4 Å². The highest BCUT2D eigenvalue weighted by molar-refractivity contribution is 5.87. The van der Waals surface area contributed by atoms with Gasteiger partial charge in [0, 0.05) is 96.0 Å². The molecule has 8 saturated carbocycles. The van der Waals surface area contributed by atoms with Crippen LogP contribution in [0.15, 0.2) is 196 Å². The monoisotopic (exact) mass is 1480 g/mol. The van der Waals surface area contributed by atoms with Gasteiger partial charge in [-0.15, -0.1) is 0 Å². The minimum absolute atomic E-state index is 0.0420. The van der Waals surface area contributed by atoms with Crippen LogP contribution in [-0.4, -0.2) is 131 Å². The molecular formula is C89H109N11O9. The van der Waals surface area contributed by atoms with Gasteiger partial charge in [-0.05, 0) is 186 Å². The number of aromatic nitrogens is 4. The molecule has 574 valence electrons. The number of oxime groups is 1. The third-order valence-corrected chi connectivity index (χ3v) is 23.2. The third-order valence-electron chi connectivity index (χ3n) is 23.2. The van der Waals surface area contributed by atoms with Crippen LogP contribution in [0.3, 0.4) is 0 Å². The summed E-state index contributed by atoms with van der Waals surface area (Å²) in [7, 11) is 0. The van der Waals surface area contributed by atoms with Gasteiger partial charge in [-0.3, -0.25) is 0 Å². The number of hydrogen-bond acceptors (Lipinski definition) is 16. The van der Waals surface area contributed by atoms with E-state index in [1.54, 1.807) is 4.90 Å². The van der Waals surface area contributed by atoms with Crippen LogP contribution in [-0.2, 0) is 25.0 Å². The van der Waals surface area contributed by atoms with Crippen LogP contribution in [0.1, 0.15) is 223 Å². The first-order valence-corrected chi connectivity index (χ1v) is 39.4. The van der Waals surface area contributed by atoms with Crippen molar-refractivity contribution in [3.63, 3.8) is 0 Å². The van der Waals surface area contributed by atoms with Crippen LogP contribution < -0.4 is 11.1 Å². The van der Waals surface area contributed by atoms with Gasteiger partial charge >= 0.3 is 18.3 Å². The molecule has 0 bridgehead atoms. The molecule has 0 saturated heterocycles.